The van der Waals surface area contributed by atoms with E-state index in [0.717, 1.165) is 0 Å². The Morgan fingerprint density at radius 3 is 2.58 bits per heavy atom. The topological polar surface area (TPSA) is 66.4 Å². The van der Waals surface area contributed by atoms with E-state index >= 15 is 0 Å². The van der Waals surface area contributed by atoms with E-state index in [1.54, 1.807) is 32.9 Å². The number of hydrogen-bond acceptors (Lipinski definition) is 2. The van der Waals surface area contributed by atoms with Gasteiger partial charge in [-0.3, -0.25) is 9.59 Å². The molecule has 0 heterocycles. The smallest absolute Gasteiger partial charge is 0.305 e. The van der Waals surface area contributed by atoms with Crippen molar-refractivity contribution in [1.82, 2.24) is 5.32 Å². The zero-order valence-electron chi connectivity index (χ0n) is 11.2. The Labute approximate surface area is 111 Å². The first-order valence-corrected chi connectivity index (χ1v) is 6.02. The molecule has 0 fully saturated rings. The zero-order valence-corrected chi connectivity index (χ0v) is 11.2. The van der Waals surface area contributed by atoms with Gasteiger partial charge in [0.15, 0.2) is 0 Å². The summed E-state index contributed by atoms with van der Waals surface area (Å²) in [5.41, 5.74) is -0.373. The fraction of sp³-hybridized carbons (Fsp3) is 0.429. The first-order chi connectivity index (χ1) is 8.73. The molecule has 1 aromatic carbocycles. The lowest BCUT2D eigenvalue weighted by molar-refractivity contribution is -0.137. The zero-order chi connectivity index (χ0) is 14.6. The second-order valence-electron chi connectivity index (χ2n) is 5.11. The molecular weight excluding hydrogens is 249 g/mol. The standard InChI is InChI=1S/C14H18FNO3/c1-9(7-12(17)18)16-13(19)14(2,3)10-5-4-6-11(15)8-10/h4-6,8-9H,7H2,1-3H3,(H,16,19)(H,17,18)/t9-/m0/s1. The second-order valence-corrected chi connectivity index (χ2v) is 5.11. The molecule has 1 rings (SSSR count). The van der Waals surface area contributed by atoms with Crippen LogP contribution in [0.15, 0.2) is 24.3 Å². The van der Waals surface area contributed by atoms with E-state index in [9.17, 15) is 14.0 Å². The Hall–Kier alpha value is -1.91. The molecule has 104 valence electrons. The minimum absolute atomic E-state index is 0.148. The molecule has 1 amide bonds. The molecular formula is C14H18FNO3. The number of carbonyl (C=O) groups is 2. The van der Waals surface area contributed by atoms with E-state index < -0.39 is 23.2 Å². The van der Waals surface area contributed by atoms with Crippen LogP contribution < -0.4 is 5.32 Å². The van der Waals surface area contributed by atoms with Gasteiger partial charge >= 0.3 is 5.97 Å². The summed E-state index contributed by atoms with van der Waals surface area (Å²) in [6.07, 6.45) is -0.148. The summed E-state index contributed by atoms with van der Waals surface area (Å²) in [6, 6.07) is 5.36. The lowest BCUT2D eigenvalue weighted by Crippen LogP contribution is -2.44. The molecule has 1 aromatic rings. The number of benzene rings is 1. The minimum Gasteiger partial charge on any atom is -0.481 e. The highest BCUT2D eigenvalue weighted by molar-refractivity contribution is 5.87. The van der Waals surface area contributed by atoms with E-state index in [1.807, 2.05) is 0 Å². The van der Waals surface area contributed by atoms with Crippen LogP contribution in [0.2, 0.25) is 0 Å². The molecule has 19 heavy (non-hydrogen) atoms. The lowest BCUT2D eigenvalue weighted by atomic mass is 9.83. The van der Waals surface area contributed by atoms with Crippen molar-refractivity contribution in [3.8, 4) is 0 Å². The summed E-state index contributed by atoms with van der Waals surface area (Å²) >= 11 is 0. The number of rotatable bonds is 5. The van der Waals surface area contributed by atoms with Crippen molar-refractivity contribution in [3.05, 3.63) is 35.6 Å². The average Bonchev–Trinajstić information content (AvgIpc) is 2.27. The first kappa shape index (κ1) is 15.1. The highest BCUT2D eigenvalue weighted by Crippen LogP contribution is 2.24. The molecule has 0 aliphatic carbocycles. The minimum atomic E-state index is -0.976. The molecule has 2 N–H and O–H groups in total. The van der Waals surface area contributed by atoms with Crippen molar-refractivity contribution in [1.29, 1.82) is 0 Å². The van der Waals surface area contributed by atoms with Crippen LogP contribution in [0.4, 0.5) is 4.39 Å². The number of nitrogens with one attached hydrogen (secondary N) is 1. The molecule has 0 radical (unpaired) electrons. The third-order valence-electron chi connectivity index (χ3n) is 2.97. The predicted molar refractivity (Wildman–Crippen MR) is 69.3 cm³/mol. The van der Waals surface area contributed by atoms with Crippen LogP contribution in [0, 0.1) is 5.82 Å². The van der Waals surface area contributed by atoms with Gasteiger partial charge in [0.05, 0.1) is 11.8 Å². The van der Waals surface area contributed by atoms with Crippen LogP contribution in [0.5, 0.6) is 0 Å². The largest absolute Gasteiger partial charge is 0.481 e. The Morgan fingerprint density at radius 1 is 1.42 bits per heavy atom. The normalized spacial score (nSPS) is 12.8. The van der Waals surface area contributed by atoms with Gasteiger partial charge in [-0.25, -0.2) is 4.39 Å². The van der Waals surface area contributed by atoms with Gasteiger partial charge in [0.2, 0.25) is 5.91 Å². The third kappa shape index (κ3) is 4.05. The molecule has 0 saturated heterocycles. The molecule has 0 aliphatic heterocycles. The monoisotopic (exact) mass is 267 g/mol. The van der Waals surface area contributed by atoms with Gasteiger partial charge in [0.25, 0.3) is 0 Å². The van der Waals surface area contributed by atoms with Crippen LogP contribution in [-0.2, 0) is 15.0 Å². The highest BCUT2D eigenvalue weighted by Gasteiger charge is 2.31. The highest BCUT2D eigenvalue weighted by atomic mass is 19.1. The van der Waals surface area contributed by atoms with E-state index in [4.69, 9.17) is 5.11 Å². The van der Waals surface area contributed by atoms with E-state index in [-0.39, 0.29) is 12.3 Å². The molecule has 5 heteroatoms. The number of carboxylic acids is 1. The van der Waals surface area contributed by atoms with Gasteiger partial charge in [0.1, 0.15) is 5.82 Å². The van der Waals surface area contributed by atoms with Gasteiger partial charge in [-0.15, -0.1) is 0 Å². The maximum absolute atomic E-state index is 13.2. The van der Waals surface area contributed by atoms with Crippen molar-refractivity contribution in [2.45, 2.75) is 38.6 Å². The summed E-state index contributed by atoms with van der Waals surface area (Å²) in [5, 5.41) is 11.3. The van der Waals surface area contributed by atoms with Gasteiger partial charge in [-0.1, -0.05) is 12.1 Å². The maximum atomic E-state index is 13.2. The van der Waals surface area contributed by atoms with Gasteiger partial charge in [0, 0.05) is 6.04 Å². The second kappa shape index (κ2) is 5.82. The molecule has 0 bridgehead atoms. The number of carboxylic acid groups (broad SMARTS) is 1. The Kier molecular flexibility index (Phi) is 4.64. The number of hydrogen-bond donors (Lipinski definition) is 2. The van der Waals surface area contributed by atoms with E-state index in [1.165, 1.54) is 12.1 Å². The summed E-state index contributed by atoms with van der Waals surface area (Å²) in [5.74, 6) is -1.71. The molecule has 0 aromatic heterocycles. The quantitative estimate of drug-likeness (QED) is 0.858. The molecule has 0 spiro atoms. The molecule has 0 aliphatic rings. The van der Waals surface area contributed by atoms with Gasteiger partial charge < -0.3 is 10.4 Å². The Morgan fingerprint density at radius 2 is 2.05 bits per heavy atom. The Balaban J connectivity index is 2.82. The Bertz CT molecular complexity index is 485. The molecule has 0 saturated carbocycles. The molecule has 1 atom stereocenters. The van der Waals surface area contributed by atoms with Crippen LogP contribution in [0.25, 0.3) is 0 Å². The maximum Gasteiger partial charge on any atom is 0.305 e. The van der Waals surface area contributed by atoms with Crippen LogP contribution in [0.3, 0.4) is 0 Å². The number of aliphatic carboxylic acids is 1. The number of halogens is 1. The molecule has 0 unspecified atom stereocenters. The summed E-state index contributed by atoms with van der Waals surface area (Å²) < 4.78 is 13.2. The van der Waals surface area contributed by atoms with Crippen LogP contribution >= 0.6 is 0 Å². The lowest BCUT2D eigenvalue weighted by Gasteiger charge is -2.26. The molecule has 4 nitrogen and oxygen atoms in total. The van der Waals surface area contributed by atoms with Crippen molar-refractivity contribution >= 4 is 11.9 Å². The number of carbonyl (C=O) groups excluding carboxylic acids is 1. The van der Waals surface area contributed by atoms with E-state index in [0.29, 0.717) is 5.56 Å². The summed E-state index contributed by atoms with van der Waals surface area (Å²) in [6.45, 7) is 4.96. The predicted octanol–water partition coefficient (Wildman–Crippen LogP) is 2.08. The third-order valence-corrected chi connectivity index (χ3v) is 2.97. The average molecular weight is 267 g/mol. The van der Waals surface area contributed by atoms with Crippen LogP contribution in [0.1, 0.15) is 32.8 Å². The van der Waals surface area contributed by atoms with Crippen molar-refractivity contribution in [2.24, 2.45) is 0 Å². The fourth-order valence-corrected chi connectivity index (χ4v) is 1.73. The first-order valence-electron chi connectivity index (χ1n) is 6.02. The van der Waals surface area contributed by atoms with Gasteiger partial charge in [-0.05, 0) is 38.5 Å². The summed E-state index contributed by atoms with van der Waals surface area (Å²) in [7, 11) is 0. The van der Waals surface area contributed by atoms with Gasteiger partial charge in [-0.2, -0.15) is 0 Å². The fourth-order valence-electron chi connectivity index (χ4n) is 1.73. The van der Waals surface area contributed by atoms with Crippen molar-refractivity contribution in [3.63, 3.8) is 0 Å². The van der Waals surface area contributed by atoms with E-state index in [2.05, 4.69) is 5.32 Å². The summed E-state index contributed by atoms with van der Waals surface area (Å²) in [4.78, 5) is 22.7. The van der Waals surface area contributed by atoms with Crippen LogP contribution in [-0.4, -0.2) is 23.0 Å². The number of amides is 1. The van der Waals surface area contributed by atoms with Crippen molar-refractivity contribution < 1.29 is 19.1 Å². The van der Waals surface area contributed by atoms with Crippen molar-refractivity contribution in [2.75, 3.05) is 0 Å². The SMILES string of the molecule is C[C@@H](CC(=O)O)NC(=O)C(C)(C)c1cccc(F)c1.